The number of pyridine rings is 1. The molecule has 1 aromatic carbocycles. The van der Waals surface area contributed by atoms with Crippen LogP contribution in [0.4, 0.5) is 4.39 Å². The van der Waals surface area contributed by atoms with Crippen molar-refractivity contribution in [3.8, 4) is 5.69 Å². The lowest BCUT2D eigenvalue weighted by Gasteiger charge is -2.11. The molecule has 0 amide bonds. The van der Waals surface area contributed by atoms with E-state index in [0.717, 1.165) is 0 Å². The molecule has 3 aromatic rings. The van der Waals surface area contributed by atoms with Crippen molar-refractivity contribution < 1.29 is 4.39 Å². The number of aromatic nitrogens is 3. The molecule has 7 heteroatoms. The third-order valence-electron chi connectivity index (χ3n) is 3.00. The number of hydrogen-bond acceptors (Lipinski definition) is 2. The second-order valence-corrected chi connectivity index (χ2v) is 6.04. The third-order valence-corrected chi connectivity index (χ3v) is 3.63. The first kappa shape index (κ1) is 14.6. The first-order valence-electron chi connectivity index (χ1n) is 6.11. The molecular weight excluding hydrogens is 336 g/mol. The molecule has 3 nitrogen and oxygen atoms in total. The Balaban J connectivity index is 2.36. The fourth-order valence-electron chi connectivity index (χ4n) is 2.12. The van der Waals surface area contributed by atoms with Gasteiger partial charge in [-0.05, 0) is 31.2 Å². The summed E-state index contributed by atoms with van der Waals surface area (Å²) < 4.78 is 15.8. The van der Waals surface area contributed by atoms with Crippen molar-refractivity contribution >= 4 is 46.0 Å². The molecule has 0 spiro atoms. The van der Waals surface area contributed by atoms with Crippen molar-refractivity contribution in [1.29, 1.82) is 0 Å². The van der Waals surface area contributed by atoms with Gasteiger partial charge in [0.25, 0.3) is 0 Å². The van der Waals surface area contributed by atoms with Gasteiger partial charge >= 0.3 is 0 Å². The van der Waals surface area contributed by atoms with Crippen molar-refractivity contribution in [1.82, 2.24) is 14.5 Å². The molecule has 0 aliphatic heterocycles. The maximum Gasteiger partial charge on any atom is 0.164 e. The predicted molar refractivity (Wildman–Crippen MR) is 83.1 cm³/mol. The van der Waals surface area contributed by atoms with E-state index in [4.69, 9.17) is 34.8 Å². The SMILES string of the molecule is CC(Cl)c1nc2cc(Cl)cnc2n1-c1ccc(Cl)cc1F. The van der Waals surface area contributed by atoms with Crippen molar-refractivity contribution in [2.45, 2.75) is 12.3 Å². The van der Waals surface area contributed by atoms with Crippen LogP contribution in [0.2, 0.25) is 10.0 Å². The van der Waals surface area contributed by atoms with Gasteiger partial charge in [0.2, 0.25) is 0 Å². The highest BCUT2D eigenvalue weighted by Gasteiger charge is 2.19. The summed E-state index contributed by atoms with van der Waals surface area (Å²) in [4.78, 5) is 8.63. The van der Waals surface area contributed by atoms with E-state index in [2.05, 4.69) is 9.97 Å². The molecule has 1 atom stereocenters. The minimum Gasteiger partial charge on any atom is -0.276 e. The molecule has 21 heavy (non-hydrogen) atoms. The van der Waals surface area contributed by atoms with Crippen LogP contribution in [0.3, 0.4) is 0 Å². The maximum atomic E-state index is 14.2. The Morgan fingerprint density at radius 3 is 2.62 bits per heavy atom. The molecule has 0 fully saturated rings. The van der Waals surface area contributed by atoms with Gasteiger partial charge in [-0.1, -0.05) is 23.2 Å². The number of rotatable bonds is 2. The predicted octanol–water partition coefficient (Wildman–Crippen LogP) is 5.17. The van der Waals surface area contributed by atoms with E-state index >= 15 is 0 Å². The lowest BCUT2D eigenvalue weighted by Crippen LogP contribution is -2.04. The Hall–Kier alpha value is -1.36. The quantitative estimate of drug-likeness (QED) is 0.601. The second kappa shape index (κ2) is 5.44. The van der Waals surface area contributed by atoms with E-state index in [0.29, 0.717) is 32.7 Å². The number of nitrogens with zero attached hydrogens (tertiary/aromatic N) is 3. The molecular formula is C14H9Cl3FN3. The van der Waals surface area contributed by atoms with Gasteiger partial charge < -0.3 is 0 Å². The van der Waals surface area contributed by atoms with E-state index in [1.165, 1.54) is 12.3 Å². The van der Waals surface area contributed by atoms with Crippen molar-refractivity contribution in [2.75, 3.05) is 0 Å². The van der Waals surface area contributed by atoms with Crippen LogP contribution in [-0.2, 0) is 0 Å². The molecule has 0 aliphatic rings. The summed E-state index contributed by atoms with van der Waals surface area (Å²) >= 11 is 17.9. The van der Waals surface area contributed by atoms with Crippen LogP contribution >= 0.6 is 34.8 Å². The fourth-order valence-corrected chi connectivity index (χ4v) is 2.58. The highest BCUT2D eigenvalue weighted by atomic mass is 35.5. The zero-order chi connectivity index (χ0) is 15.1. The van der Waals surface area contributed by atoms with Crippen molar-refractivity contribution in [2.24, 2.45) is 0 Å². The molecule has 1 unspecified atom stereocenters. The lowest BCUT2D eigenvalue weighted by atomic mass is 10.3. The summed E-state index contributed by atoms with van der Waals surface area (Å²) in [5, 5.41) is 0.350. The van der Waals surface area contributed by atoms with E-state index in [-0.39, 0.29) is 0 Å². The molecule has 2 heterocycles. The van der Waals surface area contributed by atoms with E-state index in [9.17, 15) is 4.39 Å². The molecule has 108 valence electrons. The smallest absolute Gasteiger partial charge is 0.164 e. The average Bonchev–Trinajstić information content (AvgIpc) is 2.77. The summed E-state index contributed by atoms with van der Waals surface area (Å²) in [6.07, 6.45) is 1.48. The number of fused-ring (bicyclic) bond motifs is 1. The Morgan fingerprint density at radius 1 is 1.19 bits per heavy atom. The molecule has 2 aromatic heterocycles. The number of hydrogen-bond donors (Lipinski definition) is 0. The number of imidazole rings is 1. The third kappa shape index (κ3) is 2.59. The Kier molecular flexibility index (Phi) is 3.78. The lowest BCUT2D eigenvalue weighted by molar-refractivity contribution is 0.616. The number of alkyl halides is 1. The maximum absolute atomic E-state index is 14.2. The molecule has 0 N–H and O–H groups in total. The summed E-state index contributed by atoms with van der Waals surface area (Å²) in [5.41, 5.74) is 1.33. The van der Waals surface area contributed by atoms with Crippen LogP contribution in [0.15, 0.2) is 30.5 Å². The highest BCUT2D eigenvalue weighted by molar-refractivity contribution is 6.31. The Morgan fingerprint density at radius 2 is 1.95 bits per heavy atom. The van der Waals surface area contributed by atoms with Crippen LogP contribution < -0.4 is 0 Å². The number of halogens is 4. The van der Waals surface area contributed by atoms with E-state index in [1.54, 1.807) is 29.7 Å². The minimum absolute atomic E-state index is 0.291. The van der Waals surface area contributed by atoms with Gasteiger partial charge in [0.05, 0.1) is 16.1 Å². The largest absolute Gasteiger partial charge is 0.276 e. The van der Waals surface area contributed by atoms with Gasteiger partial charge in [0.15, 0.2) is 5.65 Å². The van der Waals surface area contributed by atoms with E-state index in [1.807, 2.05) is 0 Å². The molecule has 0 saturated carbocycles. The Labute approximate surface area is 135 Å². The van der Waals surface area contributed by atoms with Crippen molar-refractivity contribution in [3.05, 3.63) is 52.1 Å². The van der Waals surface area contributed by atoms with Gasteiger partial charge in [-0.15, -0.1) is 11.6 Å². The van der Waals surface area contributed by atoms with Gasteiger partial charge in [-0.3, -0.25) is 4.57 Å². The molecule has 0 radical (unpaired) electrons. The standard InChI is InChI=1S/C14H9Cl3FN3/c1-7(15)13-20-11-5-9(17)6-19-14(11)21(13)12-3-2-8(16)4-10(12)18/h2-7H,1H3. The fraction of sp³-hybridized carbons (Fsp3) is 0.143. The second-order valence-electron chi connectivity index (χ2n) is 4.51. The molecule has 0 aliphatic carbocycles. The van der Waals surface area contributed by atoms with Gasteiger partial charge in [0.1, 0.15) is 17.2 Å². The number of benzene rings is 1. The summed E-state index contributed by atoms with van der Waals surface area (Å²) in [5.74, 6) is 0.0137. The summed E-state index contributed by atoms with van der Waals surface area (Å²) in [7, 11) is 0. The zero-order valence-electron chi connectivity index (χ0n) is 10.8. The van der Waals surface area contributed by atoms with Gasteiger partial charge in [-0.25, -0.2) is 14.4 Å². The van der Waals surface area contributed by atoms with Crippen molar-refractivity contribution in [3.63, 3.8) is 0 Å². The summed E-state index contributed by atoms with van der Waals surface area (Å²) in [6, 6.07) is 6.07. The highest BCUT2D eigenvalue weighted by Crippen LogP contribution is 2.30. The average molecular weight is 345 g/mol. The van der Waals surface area contributed by atoms with Crippen LogP contribution in [-0.4, -0.2) is 14.5 Å². The van der Waals surface area contributed by atoms with E-state index < -0.39 is 11.2 Å². The monoisotopic (exact) mass is 343 g/mol. The van der Waals surface area contributed by atoms with Crippen LogP contribution in [0.5, 0.6) is 0 Å². The van der Waals surface area contributed by atoms with Gasteiger partial charge in [0, 0.05) is 11.2 Å². The minimum atomic E-state index is -0.475. The van der Waals surface area contributed by atoms with Crippen LogP contribution in [0.25, 0.3) is 16.9 Å². The summed E-state index contributed by atoms with van der Waals surface area (Å²) in [6.45, 7) is 1.76. The molecule has 0 saturated heterocycles. The van der Waals surface area contributed by atoms with Crippen LogP contribution in [0, 0.1) is 5.82 Å². The zero-order valence-corrected chi connectivity index (χ0v) is 13.1. The normalized spacial score (nSPS) is 12.8. The molecule has 3 rings (SSSR count). The Bertz CT molecular complexity index is 830. The first-order chi connectivity index (χ1) is 9.97. The first-order valence-corrected chi connectivity index (χ1v) is 7.30. The topological polar surface area (TPSA) is 30.7 Å². The van der Waals surface area contributed by atoms with Crippen LogP contribution in [0.1, 0.15) is 18.1 Å². The molecule has 0 bridgehead atoms. The van der Waals surface area contributed by atoms with Gasteiger partial charge in [-0.2, -0.15) is 0 Å².